The smallest absolute Gasteiger partial charge is 0.0622 e. The number of para-hydroxylation sites is 1. The molecule has 0 saturated heterocycles. The van der Waals surface area contributed by atoms with E-state index in [4.69, 9.17) is 0 Å². The van der Waals surface area contributed by atoms with E-state index in [0.717, 1.165) is 22.9 Å². The van der Waals surface area contributed by atoms with Crippen molar-refractivity contribution in [3.63, 3.8) is 0 Å². The van der Waals surface area contributed by atoms with Crippen LogP contribution in [0.4, 0.5) is 5.69 Å². The normalized spacial score (nSPS) is 21.2. The number of rotatable bonds is 0. The van der Waals surface area contributed by atoms with Gasteiger partial charge in [-0.2, -0.15) is 0 Å². The summed E-state index contributed by atoms with van der Waals surface area (Å²) in [4.78, 5) is 0.959. The van der Waals surface area contributed by atoms with Gasteiger partial charge < -0.3 is 5.32 Å². The Labute approximate surface area is 74.4 Å². The largest absolute Gasteiger partial charge is 0.383 e. The second-order valence-corrected chi connectivity index (χ2v) is 4.46. The molecule has 1 aromatic carbocycles. The van der Waals surface area contributed by atoms with Crippen LogP contribution in [0.2, 0.25) is 0 Å². The lowest BCUT2D eigenvalue weighted by molar-refractivity contribution is 0.682. The summed E-state index contributed by atoms with van der Waals surface area (Å²) in [5.41, 5.74) is 2.25. The van der Waals surface area contributed by atoms with Gasteiger partial charge in [0, 0.05) is 12.3 Å². The van der Waals surface area contributed by atoms with E-state index >= 15 is 0 Å². The van der Waals surface area contributed by atoms with Gasteiger partial charge in [-0.25, -0.2) is 0 Å². The van der Waals surface area contributed by atoms with Gasteiger partial charge in [0.25, 0.3) is 0 Å². The number of hydrogen-bond donors (Lipinski definition) is 1. The molecule has 1 aliphatic heterocycles. The number of anilines is 1. The van der Waals surface area contributed by atoms with Crippen LogP contribution in [0, 0.1) is 6.92 Å². The zero-order valence-electron chi connectivity index (χ0n) is 6.96. The maximum atomic E-state index is 11.5. The zero-order chi connectivity index (χ0) is 8.55. The molecule has 1 aromatic rings. The average Bonchev–Trinajstić information content (AvgIpc) is 2.07. The molecular formula is C9H11NOS. The van der Waals surface area contributed by atoms with Crippen LogP contribution in [-0.4, -0.2) is 16.5 Å². The molecule has 1 N–H and O–H groups in total. The maximum Gasteiger partial charge on any atom is 0.0622 e. The van der Waals surface area contributed by atoms with Crippen LogP contribution < -0.4 is 5.32 Å². The van der Waals surface area contributed by atoms with Crippen LogP contribution in [0.15, 0.2) is 23.1 Å². The van der Waals surface area contributed by atoms with Gasteiger partial charge in [0.15, 0.2) is 0 Å². The van der Waals surface area contributed by atoms with Gasteiger partial charge in [0.05, 0.1) is 21.4 Å². The highest BCUT2D eigenvalue weighted by molar-refractivity contribution is 7.85. The summed E-state index contributed by atoms with van der Waals surface area (Å²) < 4.78 is 11.5. The number of fused-ring (bicyclic) bond motifs is 1. The molecule has 0 radical (unpaired) electrons. The van der Waals surface area contributed by atoms with Crippen molar-refractivity contribution in [2.24, 2.45) is 0 Å². The molecule has 1 atom stereocenters. The molecule has 12 heavy (non-hydrogen) atoms. The minimum absolute atomic E-state index is 0.733. The lowest BCUT2D eigenvalue weighted by Gasteiger charge is -2.18. The topological polar surface area (TPSA) is 29.1 Å². The Balaban J connectivity index is 2.59. The lowest BCUT2D eigenvalue weighted by atomic mass is 10.2. The summed E-state index contributed by atoms with van der Waals surface area (Å²) in [5.74, 6) is 0.733. The van der Waals surface area contributed by atoms with Crippen molar-refractivity contribution >= 4 is 16.5 Å². The van der Waals surface area contributed by atoms with Crippen molar-refractivity contribution in [1.29, 1.82) is 0 Å². The zero-order valence-corrected chi connectivity index (χ0v) is 7.78. The molecular weight excluding hydrogens is 170 g/mol. The number of benzene rings is 1. The average molecular weight is 181 g/mol. The van der Waals surface area contributed by atoms with E-state index in [-0.39, 0.29) is 0 Å². The van der Waals surface area contributed by atoms with Gasteiger partial charge in [0.2, 0.25) is 0 Å². The fraction of sp³-hybridized carbons (Fsp3) is 0.333. The van der Waals surface area contributed by atoms with Crippen LogP contribution in [-0.2, 0) is 10.8 Å². The molecule has 1 heterocycles. The second kappa shape index (κ2) is 2.90. The molecule has 0 bridgehead atoms. The van der Waals surface area contributed by atoms with E-state index < -0.39 is 10.8 Å². The molecule has 0 fully saturated rings. The first-order valence-electron chi connectivity index (χ1n) is 4.01. The third kappa shape index (κ3) is 1.14. The van der Waals surface area contributed by atoms with Gasteiger partial charge in [-0.05, 0) is 18.6 Å². The highest BCUT2D eigenvalue weighted by atomic mass is 32.2. The summed E-state index contributed by atoms with van der Waals surface area (Å²) in [6, 6.07) is 5.93. The molecule has 3 heteroatoms. The Morgan fingerprint density at radius 3 is 3.08 bits per heavy atom. The molecule has 0 spiro atoms. The van der Waals surface area contributed by atoms with Crippen molar-refractivity contribution < 1.29 is 4.21 Å². The van der Waals surface area contributed by atoms with E-state index in [1.54, 1.807) is 0 Å². The van der Waals surface area contributed by atoms with Crippen molar-refractivity contribution in [3.8, 4) is 0 Å². The van der Waals surface area contributed by atoms with Crippen molar-refractivity contribution in [2.45, 2.75) is 11.8 Å². The third-order valence-corrected chi connectivity index (χ3v) is 3.47. The summed E-state index contributed by atoms with van der Waals surface area (Å²) in [5, 5.41) is 3.27. The molecule has 1 aliphatic rings. The molecule has 2 nitrogen and oxygen atoms in total. The number of nitrogens with one attached hydrogen (secondary N) is 1. The van der Waals surface area contributed by atoms with Gasteiger partial charge in [-0.3, -0.25) is 4.21 Å². The minimum Gasteiger partial charge on any atom is -0.383 e. The Morgan fingerprint density at radius 1 is 1.50 bits per heavy atom. The van der Waals surface area contributed by atoms with E-state index in [9.17, 15) is 4.21 Å². The second-order valence-electron chi connectivity index (χ2n) is 2.92. The molecule has 1 unspecified atom stereocenters. The molecule has 0 saturated carbocycles. The lowest BCUT2D eigenvalue weighted by Crippen LogP contribution is -2.19. The van der Waals surface area contributed by atoms with Gasteiger partial charge >= 0.3 is 0 Å². The summed E-state index contributed by atoms with van der Waals surface area (Å²) in [7, 11) is -0.788. The van der Waals surface area contributed by atoms with E-state index in [1.807, 2.05) is 25.1 Å². The highest BCUT2D eigenvalue weighted by Gasteiger charge is 2.15. The monoisotopic (exact) mass is 181 g/mol. The third-order valence-electron chi connectivity index (χ3n) is 2.07. The van der Waals surface area contributed by atoms with Gasteiger partial charge in [-0.1, -0.05) is 12.1 Å². The standard InChI is InChI=1S/C9H11NOS/c1-7-3-2-4-8-9(7)10-5-6-12(8)11/h2-4,10H,5-6H2,1H3. The van der Waals surface area contributed by atoms with Crippen molar-refractivity contribution in [1.82, 2.24) is 0 Å². The van der Waals surface area contributed by atoms with E-state index in [1.165, 1.54) is 5.56 Å². The quantitative estimate of drug-likeness (QED) is 0.657. The Bertz CT molecular complexity index is 335. The SMILES string of the molecule is Cc1cccc2c1NCCS2=O. The molecule has 0 aromatic heterocycles. The molecule has 2 rings (SSSR count). The number of aryl methyl sites for hydroxylation is 1. The Kier molecular flexibility index (Phi) is 1.89. The molecule has 64 valence electrons. The fourth-order valence-electron chi connectivity index (χ4n) is 1.44. The summed E-state index contributed by atoms with van der Waals surface area (Å²) in [6.07, 6.45) is 0. The first-order valence-corrected chi connectivity index (χ1v) is 5.33. The number of hydrogen-bond acceptors (Lipinski definition) is 2. The maximum absolute atomic E-state index is 11.5. The molecule has 0 aliphatic carbocycles. The van der Waals surface area contributed by atoms with E-state index in [0.29, 0.717) is 0 Å². The van der Waals surface area contributed by atoms with Crippen LogP contribution in [0.5, 0.6) is 0 Å². The van der Waals surface area contributed by atoms with Crippen LogP contribution in [0.3, 0.4) is 0 Å². The van der Waals surface area contributed by atoms with Gasteiger partial charge in [0.1, 0.15) is 0 Å². The van der Waals surface area contributed by atoms with Crippen molar-refractivity contribution in [3.05, 3.63) is 23.8 Å². The van der Waals surface area contributed by atoms with Gasteiger partial charge in [-0.15, -0.1) is 0 Å². The Morgan fingerprint density at radius 2 is 2.33 bits per heavy atom. The van der Waals surface area contributed by atoms with Crippen LogP contribution in [0.25, 0.3) is 0 Å². The predicted octanol–water partition coefficient (Wildman–Crippen LogP) is 1.53. The van der Waals surface area contributed by atoms with Crippen LogP contribution >= 0.6 is 0 Å². The van der Waals surface area contributed by atoms with Crippen molar-refractivity contribution in [2.75, 3.05) is 17.6 Å². The highest BCUT2D eigenvalue weighted by Crippen LogP contribution is 2.26. The molecule has 0 amide bonds. The van der Waals surface area contributed by atoms with E-state index in [2.05, 4.69) is 5.32 Å². The first-order chi connectivity index (χ1) is 5.79. The Hall–Kier alpha value is -0.830. The minimum atomic E-state index is -0.788. The van der Waals surface area contributed by atoms with Crippen LogP contribution in [0.1, 0.15) is 5.56 Å². The fourth-order valence-corrected chi connectivity index (χ4v) is 2.63. The first kappa shape index (κ1) is 7.80. The summed E-state index contributed by atoms with van der Waals surface area (Å²) >= 11 is 0. The summed E-state index contributed by atoms with van der Waals surface area (Å²) in [6.45, 7) is 2.86. The predicted molar refractivity (Wildman–Crippen MR) is 50.9 cm³/mol.